The minimum atomic E-state index is -0.545. The zero-order valence-corrected chi connectivity index (χ0v) is 18.8. The highest BCUT2D eigenvalue weighted by Crippen LogP contribution is 2.22. The zero-order valence-electron chi connectivity index (χ0n) is 18.1. The lowest BCUT2D eigenvalue weighted by Gasteiger charge is -2.23. The molecule has 1 saturated carbocycles. The molecule has 2 heterocycles. The smallest absolute Gasteiger partial charge is 0.253 e. The second-order valence-corrected chi connectivity index (χ2v) is 8.69. The van der Waals surface area contributed by atoms with Gasteiger partial charge in [0.25, 0.3) is 5.91 Å². The number of nitrogens with zero attached hydrogens (tertiary/aromatic N) is 3. The van der Waals surface area contributed by atoms with E-state index in [1.54, 1.807) is 36.7 Å². The molecule has 0 saturated heterocycles. The molecule has 0 radical (unpaired) electrons. The van der Waals surface area contributed by atoms with Gasteiger partial charge in [0.15, 0.2) is 0 Å². The molecule has 1 aliphatic rings. The minimum Gasteiger partial charge on any atom is -0.394 e. The molecule has 1 aromatic carbocycles. The van der Waals surface area contributed by atoms with Crippen molar-refractivity contribution in [3.05, 3.63) is 70.6 Å². The number of carbonyl (C=O) groups is 1. The molecule has 1 aliphatic carbocycles. The third kappa shape index (κ3) is 5.29. The van der Waals surface area contributed by atoms with Gasteiger partial charge in [0.2, 0.25) is 5.95 Å². The maximum atomic E-state index is 12.8. The Hall–Kier alpha value is -2.90. The normalized spacial score (nSPS) is 15.3. The van der Waals surface area contributed by atoms with Crippen LogP contribution in [0.2, 0.25) is 5.02 Å². The first-order valence-corrected chi connectivity index (χ1v) is 11.4. The Morgan fingerprint density at radius 1 is 1.28 bits per heavy atom. The van der Waals surface area contributed by atoms with Crippen LogP contribution in [-0.4, -0.2) is 38.2 Å². The van der Waals surface area contributed by atoms with Crippen molar-refractivity contribution in [1.82, 2.24) is 19.9 Å². The van der Waals surface area contributed by atoms with Gasteiger partial charge in [-0.05, 0) is 43.5 Å². The Bertz CT molecular complexity index is 1080. The Kier molecular flexibility index (Phi) is 7.07. The van der Waals surface area contributed by atoms with Crippen molar-refractivity contribution in [2.24, 2.45) is 0 Å². The van der Waals surface area contributed by atoms with E-state index >= 15 is 0 Å². The summed E-state index contributed by atoms with van der Waals surface area (Å²) in [5.74, 6) is 1.06. The molecule has 1 atom stereocenters. The van der Waals surface area contributed by atoms with Crippen LogP contribution < -0.4 is 10.6 Å². The molecule has 8 heteroatoms. The molecule has 1 amide bonds. The summed E-state index contributed by atoms with van der Waals surface area (Å²) in [6.45, 7) is 1.72. The number of amides is 1. The van der Waals surface area contributed by atoms with Crippen LogP contribution in [-0.2, 0) is 0 Å². The summed E-state index contributed by atoms with van der Waals surface area (Å²) in [7, 11) is 0. The fourth-order valence-electron chi connectivity index (χ4n) is 4.06. The molecular weight excluding hydrogens is 426 g/mol. The van der Waals surface area contributed by atoms with Crippen molar-refractivity contribution in [2.45, 2.75) is 51.1 Å². The van der Waals surface area contributed by atoms with Crippen molar-refractivity contribution in [3.63, 3.8) is 0 Å². The molecule has 3 aromatic rings. The Labute approximate surface area is 192 Å². The fourth-order valence-corrected chi connectivity index (χ4v) is 4.25. The van der Waals surface area contributed by atoms with Gasteiger partial charge >= 0.3 is 0 Å². The number of carbonyl (C=O) groups excluding carboxylic acids is 1. The van der Waals surface area contributed by atoms with Gasteiger partial charge in [-0.1, -0.05) is 43.0 Å². The van der Waals surface area contributed by atoms with Gasteiger partial charge in [0, 0.05) is 35.2 Å². The lowest BCUT2D eigenvalue weighted by molar-refractivity contribution is 0.0916. The Morgan fingerprint density at radius 2 is 2.09 bits per heavy atom. The molecule has 32 heavy (non-hydrogen) atoms. The SMILES string of the molecule is Cc1cnc(NC2CCCCC2)nc1-n1ccc(C(=O)NC(CO)c2cccc(Cl)c2)c1. The third-order valence-corrected chi connectivity index (χ3v) is 6.06. The molecule has 3 N–H and O–H groups in total. The fraction of sp³-hybridized carbons (Fsp3) is 0.375. The van der Waals surface area contributed by atoms with E-state index < -0.39 is 6.04 Å². The highest BCUT2D eigenvalue weighted by molar-refractivity contribution is 6.30. The standard InChI is InChI=1S/C24H28ClN5O2/c1-16-13-26-24(27-20-8-3-2-4-9-20)29-22(16)30-11-10-18(14-30)23(32)28-21(15-31)17-6-5-7-19(25)12-17/h5-7,10-14,20-21,31H,2-4,8-9,15H2,1H3,(H,28,32)(H,26,27,29). The summed E-state index contributed by atoms with van der Waals surface area (Å²) in [4.78, 5) is 22.0. The van der Waals surface area contributed by atoms with E-state index in [0.717, 1.165) is 29.8 Å². The van der Waals surface area contributed by atoms with Gasteiger partial charge in [-0.15, -0.1) is 0 Å². The summed E-state index contributed by atoms with van der Waals surface area (Å²) in [6, 6.07) is 8.70. The van der Waals surface area contributed by atoms with E-state index in [2.05, 4.69) is 15.6 Å². The molecule has 0 bridgehead atoms. The summed E-state index contributed by atoms with van der Waals surface area (Å²) in [5.41, 5.74) is 2.14. The first-order valence-electron chi connectivity index (χ1n) is 11.0. The van der Waals surface area contributed by atoms with E-state index in [-0.39, 0.29) is 12.5 Å². The van der Waals surface area contributed by atoms with Crippen LogP contribution in [0.1, 0.15) is 59.6 Å². The third-order valence-electron chi connectivity index (χ3n) is 5.82. The number of aliphatic hydroxyl groups excluding tert-OH is 1. The number of anilines is 1. The van der Waals surface area contributed by atoms with E-state index in [0.29, 0.717) is 22.6 Å². The molecule has 1 fully saturated rings. The van der Waals surface area contributed by atoms with Gasteiger partial charge in [0.05, 0.1) is 18.2 Å². The summed E-state index contributed by atoms with van der Waals surface area (Å²) >= 11 is 6.04. The highest BCUT2D eigenvalue weighted by Gasteiger charge is 2.18. The second kappa shape index (κ2) is 10.1. The predicted octanol–water partition coefficient (Wildman–Crippen LogP) is 4.44. The van der Waals surface area contributed by atoms with Gasteiger partial charge in [0.1, 0.15) is 5.82 Å². The van der Waals surface area contributed by atoms with Crippen molar-refractivity contribution >= 4 is 23.5 Å². The molecule has 4 rings (SSSR count). The number of hydrogen-bond acceptors (Lipinski definition) is 5. The summed E-state index contributed by atoms with van der Waals surface area (Å²) in [6.07, 6.45) is 11.4. The number of aryl methyl sites for hydroxylation is 1. The van der Waals surface area contributed by atoms with Crippen molar-refractivity contribution < 1.29 is 9.90 Å². The lowest BCUT2D eigenvalue weighted by Crippen LogP contribution is -2.30. The van der Waals surface area contributed by atoms with Gasteiger partial charge in [-0.25, -0.2) is 4.98 Å². The summed E-state index contributed by atoms with van der Waals surface area (Å²) in [5, 5.41) is 16.6. The van der Waals surface area contributed by atoms with E-state index in [1.165, 1.54) is 19.3 Å². The Balaban J connectivity index is 1.49. The van der Waals surface area contributed by atoms with Crippen LogP contribution in [0, 0.1) is 6.92 Å². The molecule has 0 aliphatic heterocycles. The summed E-state index contributed by atoms with van der Waals surface area (Å²) < 4.78 is 1.82. The highest BCUT2D eigenvalue weighted by atomic mass is 35.5. The molecule has 2 aromatic heterocycles. The van der Waals surface area contributed by atoms with Crippen LogP contribution in [0.4, 0.5) is 5.95 Å². The van der Waals surface area contributed by atoms with E-state index in [4.69, 9.17) is 16.6 Å². The maximum absolute atomic E-state index is 12.8. The van der Waals surface area contributed by atoms with Crippen LogP contribution in [0.25, 0.3) is 5.82 Å². The molecule has 0 spiro atoms. The minimum absolute atomic E-state index is 0.228. The zero-order chi connectivity index (χ0) is 22.5. The van der Waals surface area contributed by atoms with Crippen molar-refractivity contribution in [1.29, 1.82) is 0 Å². The largest absolute Gasteiger partial charge is 0.394 e. The van der Waals surface area contributed by atoms with Crippen LogP contribution in [0.3, 0.4) is 0 Å². The number of rotatable bonds is 7. The molecule has 168 valence electrons. The number of aromatic nitrogens is 3. The topological polar surface area (TPSA) is 92.1 Å². The van der Waals surface area contributed by atoms with E-state index in [1.807, 2.05) is 23.8 Å². The van der Waals surface area contributed by atoms with Crippen molar-refractivity contribution in [2.75, 3.05) is 11.9 Å². The van der Waals surface area contributed by atoms with E-state index in [9.17, 15) is 9.90 Å². The van der Waals surface area contributed by atoms with Crippen LogP contribution >= 0.6 is 11.6 Å². The molecular formula is C24H28ClN5O2. The number of halogens is 1. The van der Waals surface area contributed by atoms with Gasteiger partial charge in [-0.3, -0.25) is 4.79 Å². The monoisotopic (exact) mass is 453 g/mol. The Morgan fingerprint density at radius 3 is 2.84 bits per heavy atom. The number of aliphatic hydroxyl groups is 1. The maximum Gasteiger partial charge on any atom is 0.253 e. The van der Waals surface area contributed by atoms with Crippen LogP contribution in [0.15, 0.2) is 48.9 Å². The van der Waals surface area contributed by atoms with Crippen LogP contribution in [0.5, 0.6) is 0 Å². The second-order valence-electron chi connectivity index (χ2n) is 8.25. The van der Waals surface area contributed by atoms with Crippen molar-refractivity contribution in [3.8, 4) is 5.82 Å². The first-order chi connectivity index (χ1) is 15.5. The predicted molar refractivity (Wildman–Crippen MR) is 125 cm³/mol. The number of hydrogen-bond donors (Lipinski definition) is 3. The molecule has 1 unspecified atom stereocenters. The van der Waals surface area contributed by atoms with Gasteiger partial charge in [-0.2, -0.15) is 4.98 Å². The first kappa shape index (κ1) is 22.3. The lowest BCUT2D eigenvalue weighted by atomic mass is 9.96. The quantitative estimate of drug-likeness (QED) is 0.492. The molecule has 7 nitrogen and oxygen atoms in total. The average Bonchev–Trinajstić information content (AvgIpc) is 3.29. The number of nitrogens with one attached hydrogen (secondary N) is 2. The van der Waals surface area contributed by atoms with Gasteiger partial charge < -0.3 is 20.3 Å². The average molecular weight is 454 g/mol. The number of benzene rings is 1.